The van der Waals surface area contributed by atoms with Crippen molar-refractivity contribution >= 4 is 23.5 Å². The molecule has 7 nitrogen and oxygen atoms in total. The molecule has 1 aliphatic heterocycles. The van der Waals surface area contributed by atoms with E-state index in [1.807, 2.05) is 24.3 Å². The molecule has 0 bridgehead atoms. The van der Waals surface area contributed by atoms with E-state index in [1.165, 1.54) is 12.3 Å². The van der Waals surface area contributed by atoms with Gasteiger partial charge in [0.05, 0.1) is 6.26 Å². The maximum absolute atomic E-state index is 12.3. The van der Waals surface area contributed by atoms with E-state index < -0.39 is 11.9 Å². The number of nitrogens with zero attached hydrogens (tertiary/aromatic N) is 1. The predicted molar refractivity (Wildman–Crippen MR) is 89.1 cm³/mol. The maximum Gasteiger partial charge on any atom is 0.325 e. The maximum atomic E-state index is 12.3. The number of esters is 1. The Hall–Kier alpha value is -3.09. The summed E-state index contributed by atoms with van der Waals surface area (Å²) in [4.78, 5) is 37.3. The lowest BCUT2D eigenvalue weighted by Crippen LogP contribution is -2.39. The Morgan fingerprint density at radius 1 is 1.16 bits per heavy atom. The monoisotopic (exact) mass is 342 g/mol. The number of ether oxygens (including phenoxy) is 1. The minimum atomic E-state index is -0.682. The van der Waals surface area contributed by atoms with Gasteiger partial charge in [-0.1, -0.05) is 18.2 Å². The molecule has 7 heteroatoms. The van der Waals surface area contributed by atoms with Crippen molar-refractivity contribution in [1.82, 2.24) is 5.32 Å². The van der Waals surface area contributed by atoms with Gasteiger partial charge >= 0.3 is 5.97 Å². The molecular weight excluding hydrogens is 324 g/mol. The SMILES string of the molecule is O=C(CNC(=O)c1ccco1)OCC(=O)N1CCCc2ccccc21. The molecule has 2 aromatic rings. The molecule has 1 aromatic carbocycles. The van der Waals surface area contributed by atoms with Crippen LogP contribution in [0.25, 0.3) is 0 Å². The average Bonchev–Trinajstić information content (AvgIpc) is 3.18. The van der Waals surface area contributed by atoms with Gasteiger partial charge in [0.1, 0.15) is 6.54 Å². The Bertz CT molecular complexity index is 770. The molecule has 0 fully saturated rings. The van der Waals surface area contributed by atoms with Crippen molar-refractivity contribution in [3.8, 4) is 0 Å². The van der Waals surface area contributed by atoms with Gasteiger partial charge in [0, 0.05) is 12.2 Å². The number of furan rings is 1. The molecule has 0 unspecified atom stereocenters. The molecule has 0 saturated heterocycles. The molecule has 1 aliphatic rings. The average molecular weight is 342 g/mol. The summed E-state index contributed by atoms with van der Waals surface area (Å²) in [5.41, 5.74) is 1.97. The second-order valence-corrected chi connectivity index (χ2v) is 5.60. The molecule has 0 atom stereocenters. The summed E-state index contributed by atoms with van der Waals surface area (Å²) in [7, 11) is 0. The smallest absolute Gasteiger partial charge is 0.325 e. The zero-order chi connectivity index (χ0) is 17.6. The number of hydrogen-bond donors (Lipinski definition) is 1. The summed E-state index contributed by atoms with van der Waals surface area (Å²) < 4.78 is 9.88. The van der Waals surface area contributed by atoms with Crippen LogP contribution >= 0.6 is 0 Å². The van der Waals surface area contributed by atoms with E-state index in [1.54, 1.807) is 11.0 Å². The standard InChI is InChI=1S/C18H18N2O5/c21-16(20-9-3-6-13-5-1-2-7-14(13)20)12-25-17(22)11-19-18(23)15-8-4-10-24-15/h1-2,4-5,7-8,10H,3,6,9,11-12H2,(H,19,23). The van der Waals surface area contributed by atoms with Crippen LogP contribution in [0.2, 0.25) is 0 Å². The quantitative estimate of drug-likeness (QED) is 0.833. The molecule has 2 amide bonds. The number of amides is 2. The fourth-order valence-corrected chi connectivity index (χ4v) is 2.71. The van der Waals surface area contributed by atoms with Crippen LogP contribution in [0.1, 0.15) is 22.5 Å². The van der Waals surface area contributed by atoms with Crippen molar-refractivity contribution in [3.05, 3.63) is 54.0 Å². The topological polar surface area (TPSA) is 88.9 Å². The molecule has 3 rings (SSSR count). The first kappa shape index (κ1) is 16.8. The number of aryl methyl sites for hydroxylation is 1. The summed E-state index contributed by atoms with van der Waals surface area (Å²) in [5, 5.41) is 2.37. The van der Waals surface area contributed by atoms with E-state index in [-0.39, 0.29) is 24.8 Å². The number of nitrogens with one attached hydrogen (secondary N) is 1. The van der Waals surface area contributed by atoms with Crippen LogP contribution in [0.4, 0.5) is 5.69 Å². The van der Waals surface area contributed by atoms with Gasteiger partial charge in [-0.25, -0.2) is 0 Å². The zero-order valence-corrected chi connectivity index (χ0v) is 13.6. The highest BCUT2D eigenvalue weighted by Crippen LogP contribution is 2.26. The van der Waals surface area contributed by atoms with Crippen LogP contribution in [0.5, 0.6) is 0 Å². The molecule has 25 heavy (non-hydrogen) atoms. The normalized spacial score (nSPS) is 13.0. The largest absolute Gasteiger partial charge is 0.459 e. The predicted octanol–water partition coefficient (Wildman–Crippen LogP) is 1.53. The molecule has 0 spiro atoms. The fraction of sp³-hybridized carbons (Fsp3) is 0.278. The van der Waals surface area contributed by atoms with Gasteiger partial charge in [0.25, 0.3) is 11.8 Å². The van der Waals surface area contributed by atoms with E-state index in [0.29, 0.717) is 6.54 Å². The summed E-state index contributed by atoms with van der Waals surface area (Å²) >= 11 is 0. The second-order valence-electron chi connectivity index (χ2n) is 5.60. The Morgan fingerprint density at radius 2 is 2.00 bits per heavy atom. The molecule has 0 aliphatic carbocycles. The van der Waals surface area contributed by atoms with E-state index in [0.717, 1.165) is 24.1 Å². The van der Waals surface area contributed by atoms with Crippen LogP contribution in [-0.2, 0) is 20.7 Å². The van der Waals surface area contributed by atoms with E-state index >= 15 is 0 Å². The van der Waals surface area contributed by atoms with E-state index in [2.05, 4.69) is 5.32 Å². The number of para-hydroxylation sites is 1. The van der Waals surface area contributed by atoms with Crippen LogP contribution in [0.15, 0.2) is 47.1 Å². The van der Waals surface area contributed by atoms with Crippen LogP contribution < -0.4 is 10.2 Å². The molecule has 0 radical (unpaired) electrons. The first-order valence-electron chi connectivity index (χ1n) is 8.01. The molecular formula is C18H18N2O5. The number of carbonyl (C=O) groups is 3. The van der Waals surface area contributed by atoms with Gasteiger partial charge in [-0.15, -0.1) is 0 Å². The highest BCUT2D eigenvalue weighted by Gasteiger charge is 2.23. The van der Waals surface area contributed by atoms with Crippen molar-refractivity contribution in [2.24, 2.45) is 0 Å². The van der Waals surface area contributed by atoms with Gasteiger partial charge in [0.2, 0.25) is 0 Å². The van der Waals surface area contributed by atoms with Gasteiger partial charge in [-0.3, -0.25) is 14.4 Å². The first-order valence-corrected chi connectivity index (χ1v) is 8.01. The number of fused-ring (bicyclic) bond motifs is 1. The number of anilines is 1. The highest BCUT2D eigenvalue weighted by molar-refractivity contribution is 5.97. The van der Waals surface area contributed by atoms with Crippen LogP contribution in [0, 0.1) is 0 Å². The Morgan fingerprint density at radius 3 is 2.80 bits per heavy atom. The minimum absolute atomic E-state index is 0.105. The summed E-state index contributed by atoms with van der Waals surface area (Å²) in [6.45, 7) is -0.0875. The first-order chi connectivity index (χ1) is 12.1. The zero-order valence-electron chi connectivity index (χ0n) is 13.6. The van der Waals surface area contributed by atoms with Gasteiger partial charge in [-0.2, -0.15) is 0 Å². The number of carbonyl (C=O) groups excluding carboxylic acids is 3. The lowest BCUT2D eigenvalue weighted by Gasteiger charge is -2.29. The van der Waals surface area contributed by atoms with Crippen LogP contribution in [0.3, 0.4) is 0 Å². The van der Waals surface area contributed by atoms with Gasteiger partial charge < -0.3 is 19.4 Å². The van der Waals surface area contributed by atoms with Crippen molar-refractivity contribution in [3.63, 3.8) is 0 Å². The molecule has 130 valence electrons. The molecule has 1 N–H and O–H groups in total. The van der Waals surface area contributed by atoms with Gasteiger partial charge in [-0.05, 0) is 36.6 Å². The Balaban J connectivity index is 1.48. The molecule has 1 aromatic heterocycles. The van der Waals surface area contributed by atoms with Crippen molar-refractivity contribution < 1.29 is 23.5 Å². The summed E-state index contributed by atoms with van der Waals surface area (Å²) in [6, 6.07) is 10.7. The van der Waals surface area contributed by atoms with E-state index in [9.17, 15) is 14.4 Å². The third kappa shape index (κ3) is 4.06. The number of benzene rings is 1. The second kappa shape index (κ2) is 7.65. The molecule has 2 heterocycles. The number of hydrogen-bond acceptors (Lipinski definition) is 5. The van der Waals surface area contributed by atoms with Crippen LogP contribution in [-0.4, -0.2) is 37.5 Å². The highest BCUT2D eigenvalue weighted by atomic mass is 16.5. The third-order valence-corrected chi connectivity index (χ3v) is 3.91. The lowest BCUT2D eigenvalue weighted by molar-refractivity contribution is -0.146. The lowest BCUT2D eigenvalue weighted by atomic mass is 10.0. The molecule has 0 saturated carbocycles. The van der Waals surface area contributed by atoms with E-state index in [4.69, 9.17) is 9.15 Å². The Kier molecular flexibility index (Phi) is 5.13. The van der Waals surface area contributed by atoms with Crippen molar-refractivity contribution in [2.45, 2.75) is 12.8 Å². The van der Waals surface area contributed by atoms with Gasteiger partial charge in [0.15, 0.2) is 12.4 Å². The number of rotatable bonds is 5. The summed E-state index contributed by atoms with van der Waals surface area (Å²) in [5.74, 6) is -1.37. The van der Waals surface area contributed by atoms with Crippen molar-refractivity contribution in [1.29, 1.82) is 0 Å². The summed E-state index contributed by atoms with van der Waals surface area (Å²) in [6.07, 6.45) is 3.16. The third-order valence-electron chi connectivity index (χ3n) is 3.91. The minimum Gasteiger partial charge on any atom is -0.459 e. The van der Waals surface area contributed by atoms with Crippen molar-refractivity contribution in [2.75, 3.05) is 24.6 Å². The fourth-order valence-electron chi connectivity index (χ4n) is 2.71. The Labute approximate surface area is 144 Å².